The maximum atomic E-state index is 11.5. The number of imidazole rings is 1. The average molecular weight is 327 g/mol. The number of ether oxygens (including phenoxy) is 1. The zero-order chi connectivity index (χ0) is 15.2. The normalized spacial score (nSPS) is 11.4. The lowest BCUT2D eigenvalue weighted by Gasteiger charge is -2.08. The molecule has 0 aliphatic rings. The summed E-state index contributed by atoms with van der Waals surface area (Å²) in [6.07, 6.45) is 2.02. The second kappa shape index (κ2) is 7.82. The molecule has 0 aliphatic heterocycles. The Kier molecular flexibility index (Phi) is 6.08. The molecule has 0 atom stereocenters. The van der Waals surface area contributed by atoms with Gasteiger partial charge in [0.1, 0.15) is 5.03 Å². The molecule has 0 amide bonds. The van der Waals surface area contributed by atoms with E-state index >= 15 is 0 Å². The number of hydrogen-bond acceptors (Lipinski definition) is 6. The van der Waals surface area contributed by atoms with Crippen molar-refractivity contribution in [1.82, 2.24) is 14.7 Å². The van der Waals surface area contributed by atoms with E-state index in [2.05, 4.69) is 28.5 Å². The summed E-state index contributed by atoms with van der Waals surface area (Å²) in [5, 5.41) is 6.37. The summed E-state index contributed by atoms with van der Waals surface area (Å²) in [5.41, 5.74) is 1.11. The fourth-order valence-corrected chi connectivity index (χ4v) is 3.52. The van der Waals surface area contributed by atoms with Crippen molar-refractivity contribution >= 4 is 34.0 Å². The summed E-state index contributed by atoms with van der Waals surface area (Å²) < 4.78 is 7.05. The van der Waals surface area contributed by atoms with Gasteiger partial charge in [-0.1, -0.05) is 25.6 Å². The molecule has 2 aromatic rings. The topological polar surface area (TPSA) is 55.6 Å². The molecule has 0 spiro atoms. The first-order valence-electron chi connectivity index (χ1n) is 7.05. The fourth-order valence-electron chi connectivity index (χ4n) is 1.90. The zero-order valence-electron chi connectivity index (χ0n) is 12.6. The number of hydrogen-bond donors (Lipinski definition) is 1. The van der Waals surface area contributed by atoms with E-state index in [-0.39, 0.29) is 5.97 Å². The number of aromatic nitrogens is 2. The maximum absolute atomic E-state index is 11.5. The predicted octanol–water partition coefficient (Wildman–Crippen LogP) is 2.80. The number of fused-ring (bicyclic) bond motifs is 1. The van der Waals surface area contributed by atoms with Crippen molar-refractivity contribution in [2.24, 2.45) is 5.92 Å². The Morgan fingerprint density at radius 3 is 3.10 bits per heavy atom. The lowest BCUT2D eigenvalue weighted by molar-refractivity contribution is -0.139. The molecular weight excluding hydrogens is 306 g/mol. The van der Waals surface area contributed by atoms with Gasteiger partial charge in [-0.25, -0.2) is 4.98 Å². The van der Waals surface area contributed by atoms with E-state index in [4.69, 9.17) is 4.74 Å². The Morgan fingerprint density at radius 2 is 2.38 bits per heavy atom. The minimum Gasteiger partial charge on any atom is -0.465 e. The Balaban J connectivity index is 2.06. The second-order valence-electron chi connectivity index (χ2n) is 5.04. The SMILES string of the molecule is CCOC(=O)CSc1nc2sccn2c1CNCC(C)C. The van der Waals surface area contributed by atoms with Gasteiger partial charge in [0.15, 0.2) is 4.96 Å². The fraction of sp³-hybridized carbons (Fsp3) is 0.571. The van der Waals surface area contributed by atoms with Crippen LogP contribution in [0.15, 0.2) is 16.6 Å². The van der Waals surface area contributed by atoms with E-state index in [1.807, 2.05) is 18.5 Å². The van der Waals surface area contributed by atoms with Gasteiger partial charge in [-0.2, -0.15) is 0 Å². The van der Waals surface area contributed by atoms with E-state index in [9.17, 15) is 4.79 Å². The molecule has 1 N–H and O–H groups in total. The Labute approximate surface area is 133 Å². The summed E-state index contributed by atoms with van der Waals surface area (Å²) in [6, 6.07) is 0. The van der Waals surface area contributed by atoms with Crippen LogP contribution in [0.2, 0.25) is 0 Å². The van der Waals surface area contributed by atoms with Crippen molar-refractivity contribution < 1.29 is 9.53 Å². The number of carbonyl (C=O) groups excluding carboxylic acids is 1. The van der Waals surface area contributed by atoms with Gasteiger partial charge in [0.2, 0.25) is 0 Å². The molecule has 5 nitrogen and oxygen atoms in total. The molecular formula is C14H21N3O2S2. The molecule has 0 saturated carbocycles. The number of carbonyl (C=O) groups is 1. The molecule has 0 aromatic carbocycles. The van der Waals surface area contributed by atoms with Crippen LogP contribution in [0.5, 0.6) is 0 Å². The van der Waals surface area contributed by atoms with Crippen LogP contribution in [0, 0.1) is 5.92 Å². The summed E-state index contributed by atoms with van der Waals surface area (Å²) in [4.78, 5) is 17.1. The van der Waals surface area contributed by atoms with E-state index in [1.165, 1.54) is 11.8 Å². The van der Waals surface area contributed by atoms with Gasteiger partial charge in [-0.05, 0) is 19.4 Å². The Morgan fingerprint density at radius 1 is 1.57 bits per heavy atom. The molecule has 7 heteroatoms. The van der Waals surface area contributed by atoms with Crippen LogP contribution in [0.25, 0.3) is 4.96 Å². The zero-order valence-corrected chi connectivity index (χ0v) is 14.2. The van der Waals surface area contributed by atoms with Gasteiger partial charge in [-0.3, -0.25) is 9.20 Å². The largest absolute Gasteiger partial charge is 0.465 e. The molecule has 21 heavy (non-hydrogen) atoms. The summed E-state index contributed by atoms with van der Waals surface area (Å²) >= 11 is 3.05. The number of nitrogens with zero attached hydrogens (tertiary/aromatic N) is 2. The van der Waals surface area contributed by atoms with Gasteiger partial charge in [0.05, 0.1) is 18.1 Å². The van der Waals surface area contributed by atoms with E-state index in [1.54, 1.807) is 11.3 Å². The summed E-state index contributed by atoms with van der Waals surface area (Å²) in [7, 11) is 0. The molecule has 0 unspecified atom stereocenters. The van der Waals surface area contributed by atoms with Crippen molar-refractivity contribution in [3.8, 4) is 0 Å². The molecule has 0 saturated heterocycles. The summed E-state index contributed by atoms with van der Waals surface area (Å²) in [5.74, 6) is 0.710. The van der Waals surface area contributed by atoms with Crippen molar-refractivity contribution in [2.45, 2.75) is 32.3 Å². The van der Waals surface area contributed by atoms with Crippen molar-refractivity contribution in [3.05, 3.63) is 17.3 Å². The average Bonchev–Trinajstić information content (AvgIpc) is 2.98. The molecule has 0 radical (unpaired) electrons. The van der Waals surface area contributed by atoms with Crippen LogP contribution in [0.3, 0.4) is 0 Å². The van der Waals surface area contributed by atoms with Gasteiger partial charge < -0.3 is 10.1 Å². The van der Waals surface area contributed by atoms with Crippen LogP contribution >= 0.6 is 23.1 Å². The van der Waals surface area contributed by atoms with Gasteiger partial charge in [0, 0.05) is 18.1 Å². The van der Waals surface area contributed by atoms with Crippen molar-refractivity contribution in [2.75, 3.05) is 18.9 Å². The number of nitrogens with one attached hydrogen (secondary N) is 1. The van der Waals surface area contributed by atoms with Crippen molar-refractivity contribution in [3.63, 3.8) is 0 Å². The van der Waals surface area contributed by atoms with Crippen molar-refractivity contribution in [1.29, 1.82) is 0 Å². The van der Waals surface area contributed by atoms with Gasteiger partial charge >= 0.3 is 5.97 Å². The van der Waals surface area contributed by atoms with E-state index < -0.39 is 0 Å². The number of thioether (sulfide) groups is 1. The molecule has 2 rings (SSSR count). The van der Waals surface area contributed by atoms with Crippen LogP contribution in [0.4, 0.5) is 0 Å². The number of rotatable bonds is 8. The highest BCUT2D eigenvalue weighted by molar-refractivity contribution is 7.99. The van der Waals surface area contributed by atoms with Crippen LogP contribution < -0.4 is 5.32 Å². The van der Waals surface area contributed by atoms with Gasteiger partial charge in [-0.15, -0.1) is 11.3 Å². The smallest absolute Gasteiger partial charge is 0.316 e. The number of thiazole rings is 1. The minimum absolute atomic E-state index is 0.194. The molecule has 2 heterocycles. The highest BCUT2D eigenvalue weighted by atomic mass is 32.2. The number of esters is 1. The highest BCUT2D eigenvalue weighted by Gasteiger charge is 2.15. The maximum Gasteiger partial charge on any atom is 0.316 e. The lowest BCUT2D eigenvalue weighted by Crippen LogP contribution is -2.20. The predicted molar refractivity (Wildman–Crippen MR) is 87.0 cm³/mol. The minimum atomic E-state index is -0.194. The third-order valence-electron chi connectivity index (χ3n) is 2.80. The highest BCUT2D eigenvalue weighted by Crippen LogP contribution is 2.26. The van der Waals surface area contributed by atoms with E-state index in [0.717, 1.165) is 28.8 Å². The third-order valence-corrected chi connectivity index (χ3v) is 4.54. The first-order chi connectivity index (χ1) is 10.1. The lowest BCUT2D eigenvalue weighted by atomic mass is 10.2. The molecule has 0 fully saturated rings. The molecule has 0 aliphatic carbocycles. The summed E-state index contributed by atoms with van der Waals surface area (Å²) in [6.45, 7) is 8.30. The van der Waals surface area contributed by atoms with E-state index in [0.29, 0.717) is 18.3 Å². The van der Waals surface area contributed by atoms with Crippen LogP contribution in [-0.2, 0) is 16.1 Å². The van der Waals surface area contributed by atoms with Crippen LogP contribution in [-0.4, -0.2) is 34.3 Å². The third kappa shape index (κ3) is 4.46. The Bertz CT molecular complexity index is 592. The second-order valence-corrected chi connectivity index (χ2v) is 6.87. The first kappa shape index (κ1) is 16.3. The molecule has 0 bridgehead atoms. The monoisotopic (exact) mass is 327 g/mol. The Hall–Kier alpha value is -1.05. The quantitative estimate of drug-likeness (QED) is 0.597. The molecule has 2 aromatic heterocycles. The first-order valence-corrected chi connectivity index (χ1v) is 8.92. The van der Waals surface area contributed by atoms with Gasteiger partial charge in [0.25, 0.3) is 0 Å². The van der Waals surface area contributed by atoms with Crippen LogP contribution in [0.1, 0.15) is 26.5 Å². The molecule has 116 valence electrons. The standard InChI is InChI=1S/C14H21N3O2S2/c1-4-19-12(18)9-21-13-11(8-15-7-10(2)3)17-5-6-20-14(17)16-13/h5-6,10,15H,4,7-9H2,1-3H3.